The fraction of sp³-hybridized carbons (Fsp3) is 0.235. The van der Waals surface area contributed by atoms with E-state index in [-0.39, 0.29) is 22.7 Å². The van der Waals surface area contributed by atoms with Crippen molar-refractivity contribution in [3.8, 4) is 22.4 Å². The van der Waals surface area contributed by atoms with Crippen LogP contribution < -0.4 is 5.32 Å². The van der Waals surface area contributed by atoms with Gasteiger partial charge in [-0.05, 0) is 107 Å². The molecule has 0 fully saturated rings. The van der Waals surface area contributed by atoms with Gasteiger partial charge in [0, 0.05) is 34.4 Å². The zero-order valence-corrected chi connectivity index (χ0v) is 25.2. The molecule has 0 aliphatic carbocycles. The second kappa shape index (κ2) is 11.5. The second-order valence-corrected chi connectivity index (χ2v) is 11.8. The van der Waals surface area contributed by atoms with Crippen LogP contribution in [-0.4, -0.2) is 26.5 Å². The molecule has 8 heteroatoms. The number of hydrogen-bond acceptors (Lipinski definition) is 6. The van der Waals surface area contributed by atoms with E-state index in [1.807, 2.05) is 39.0 Å². The van der Waals surface area contributed by atoms with Gasteiger partial charge in [-0.1, -0.05) is 29.8 Å². The zero-order chi connectivity index (χ0) is 30.2. The van der Waals surface area contributed by atoms with Crippen LogP contribution in [0.25, 0.3) is 33.3 Å². The van der Waals surface area contributed by atoms with Gasteiger partial charge >= 0.3 is 5.97 Å². The number of benzene rings is 2. The van der Waals surface area contributed by atoms with Crippen molar-refractivity contribution in [1.82, 2.24) is 15.0 Å². The number of pyridine rings is 3. The van der Waals surface area contributed by atoms with Gasteiger partial charge in [-0.3, -0.25) is 4.98 Å². The number of ether oxygens (including phenoxy) is 1. The SMILES string of the molecule is Cc1cc(C(C)Nc2ccc(Cl)nc2C(=O)OC(C)(C)C)c2cc(-c3ccc(F)cc3)c(-c3ccnc(C)c3)nc2c1. The third-order valence-electron chi connectivity index (χ3n) is 6.73. The van der Waals surface area contributed by atoms with Crippen molar-refractivity contribution < 1.29 is 13.9 Å². The molecule has 42 heavy (non-hydrogen) atoms. The van der Waals surface area contributed by atoms with Gasteiger partial charge in [0.2, 0.25) is 0 Å². The normalized spacial score (nSPS) is 12.3. The Bertz CT molecular complexity index is 1800. The highest BCUT2D eigenvalue weighted by Crippen LogP contribution is 2.37. The standard InChI is InChI=1S/C34H32ClFN4O2/c1-19-15-25(21(3)38-28-11-12-30(35)40-32(28)33(41)42-34(4,5)6)27-18-26(22-7-9-24(36)10-8-22)31(39-29(27)16-19)23-13-14-37-20(2)17-23/h7-18,21,38H,1-6H3. The maximum Gasteiger partial charge on any atom is 0.359 e. The molecule has 0 spiro atoms. The fourth-order valence-electron chi connectivity index (χ4n) is 4.91. The number of carbonyl (C=O) groups is 1. The molecule has 1 N–H and O–H groups in total. The number of nitrogens with one attached hydrogen (secondary N) is 1. The van der Waals surface area contributed by atoms with Gasteiger partial charge in [0.25, 0.3) is 0 Å². The van der Waals surface area contributed by atoms with E-state index in [2.05, 4.69) is 27.4 Å². The van der Waals surface area contributed by atoms with Crippen LogP contribution in [0.15, 0.2) is 72.9 Å². The zero-order valence-electron chi connectivity index (χ0n) is 24.4. The molecule has 0 amide bonds. The van der Waals surface area contributed by atoms with Crippen molar-refractivity contribution in [1.29, 1.82) is 0 Å². The van der Waals surface area contributed by atoms with Crippen molar-refractivity contribution in [3.63, 3.8) is 0 Å². The average Bonchev–Trinajstić information content (AvgIpc) is 2.92. The lowest BCUT2D eigenvalue weighted by Gasteiger charge is -2.23. The van der Waals surface area contributed by atoms with Crippen LogP contribution >= 0.6 is 11.6 Å². The molecular formula is C34H32ClFN4O2. The van der Waals surface area contributed by atoms with Crippen LogP contribution in [0.1, 0.15) is 61.0 Å². The van der Waals surface area contributed by atoms with Crippen molar-refractivity contribution in [2.24, 2.45) is 0 Å². The Balaban J connectivity index is 1.65. The average molecular weight is 583 g/mol. The number of anilines is 1. The third-order valence-corrected chi connectivity index (χ3v) is 6.94. The Labute approximate surface area is 250 Å². The molecule has 3 heterocycles. The lowest BCUT2D eigenvalue weighted by atomic mass is 9.93. The highest BCUT2D eigenvalue weighted by Gasteiger charge is 2.24. The Kier molecular flexibility index (Phi) is 7.97. The molecule has 1 atom stereocenters. The van der Waals surface area contributed by atoms with E-state index >= 15 is 0 Å². The molecule has 5 aromatic rings. The van der Waals surface area contributed by atoms with Crippen LogP contribution in [0.5, 0.6) is 0 Å². The summed E-state index contributed by atoms with van der Waals surface area (Å²) < 4.78 is 19.5. The maximum atomic E-state index is 13.9. The molecule has 3 aromatic heterocycles. The topological polar surface area (TPSA) is 77.0 Å². The Morgan fingerprint density at radius 2 is 1.69 bits per heavy atom. The van der Waals surface area contributed by atoms with E-state index in [0.29, 0.717) is 5.69 Å². The lowest BCUT2D eigenvalue weighted by molar-refractivity contribution is 0.00640. The summed E-state index contributed by atoms with van der Waals surface area (Å²) in [5, 5.41) is 4.58. The minimum atomic E-state index is -0.690. The molecule has 6 nitrogen and oxygen atoms in total. The van der Waals surface area contributed by atoms with Crippen molar-refractivity contribution in [2.45, 2.75) is 53.2 Å². The maximum absolute atomic E-state index is 13.9. The number of aromatic nitrogens is 3. The van der Waals surface area contributed by atoms with Crippen LogP contribution in [0, 0.1) is 19.7 Å². The number of halogens is 2. The largest absolute Gasteiger partial charge is 0.455 e. The van der Waals surface area contributed by atoms with E-state index < -0.39 is 11.6 Å². The van der Waals surface area contributed by atoms with Crippen molar-refractivity contribution in [3.05, 3.63) is 106 Å². The Morgan fingerprint density at radius 1 is 0.952 bits per heavy atom. The molecule has 0 saturated carbocycles. The van der Waals surface area contributed by atoms with E-state index in [1.165, 1.54) is 12.1 Å². The number of fused-ring (bicyclic) bond motifs is 1. The lowest BCUT2D eigenvalue weighted by Crippen LogP contribution is -2.25. The van der Waals surface area contributed by atoms with Crippen LogP contribution in [0.3, 0.4) is 0 Å². The smallest absolute Gasteiger partial charge is 0.359 e. The molecule has 214 valence electrons. The molecule has 0 aliphatic rings. The molecule has 0 aliphatic heterocycles. The first-order chi connectivity index (χ1) is 19.9. The monoisotopic (exact) mass is 582 g/mol. The quantitative estimate of drug-likeness (QED) is 0.159. The van der Waals surface area contributed by atoms with E-state index in [1.54, 1.807) is 51.2 Å². The summed E-state index contributed by atoms with van der Waals surface area (Å²) in [5.41, 5.74) is 7.05. The number of hydrogen-bond donors (Lipinski definition) is 1. The van der Waals surface area contributed by atoms with Gasteiger partial charge in [-0.15, -0.1) is 0 Å². The summed E-state index contributed by atoms with van der Waals surface area (Å²) in [5.74, 6) is -0.869. The van der Waals surface area contributed by atoms with E-state index in [0.717, 1.165) is 50.1 Å². The van der Waals surface area contributed by atoms with E-state index in [9.17, 15) is 9.18 Å². The first-order valence-corrected chi connectivity index (χ1v) is 14.1. The fourth-order valence-corrected chi connectivity index (χ4v) is 5.06. The summed E-state index contributed by atoms with van der Waals surface area (Å²) in [4.78, 5) is 26.8. The van der Waals surface area contributed by atoms with Crippen molar-refractivity contribution >= 4 is 34.2 Å². The Hall–Kier alpha value is -4.36. The predicted molar refractivity (Wildman–Crippen MR) is 166 cm³/mol. The number of esters is 1. The number of rotatable bonds is 6. The first-order valence-electron chi connectivity index (χ1n) is 13.7. The summed E-state index contributed by atoms with van der Waals surface area (Å²) in [6.07, 6.45) is 1.76. The van der Waals surface area contributed by atoms with Gasteiger partial charge in [-0.25, -0.2) is 19.2 Å². The summed E-state index contributed by atoms with van der Waals surface area (Å²) in [6.45, 7) is 11.4. The van der Waals surface area contributed by atoms with Gasteiger partial charge in [0.1, 0.15) is 16.6 Å². The molecule has 5 rings (SSSR count). The van der Waals surface area contributed by atoms with Gasteiger partial charge in [0.05, 0.1) is 16.9 Å². The van der Waals surface area contributed by atoms with Crippen LogP contribution in [0.2, 0.25) is 5.15 Å². The molecule has 0 bridgehead atoms. The number of carbonyl (C=O) groups excluding carboxylic acids is 1. The number of nitrogens with zero attached hydrogens (tertiary/aromatic N) is 3. The van der Waals surface area contributed by atoms with Gasteiger partial charge in [-0.2, -0.15) is 0 Å². The van der Waals surface area contributed by atoms with Gasteiger partial charge in [0.15, 0.2) is 5.69 Å². The van der Waals surface area contributed by atoms with Crippen LogP contribution in [-0.2, 0) is 4.74 Å². The summed E-state index contributed by atoms with van der Waals surface area (Å²) in [7, 11) is 0. The number of aryl methyl sites for hydroxylation is 2. The minimum absolute atomic E-state index is 0.113. The molecule has 1 unspecified atom stereocenters. The minimum Gasteiger partial charge on any atom is -0.455 e. The predicted octanol–water partition coefficient (Wildman–Crippen LogP) is 8.90. The highest BCUT2D eigenvalue weighted by molar-refractivity contribution is 6.29. The molecular weight excluding hydrogens is 551 g/mol. The molecule has 2 aromatic carbocycles. The first kappa shape index (κ1) is 29.1. The second-order valence-electron chi connectivity index (χ2n) is 11.4. The Morgan fingerprint density at radius 3 is 2.38 bits per heavy atom. The third kappa shape index (κ3) is 6.42. The van der Waals surface area contributed by atoms with Crippen molar-refractivity contribution in [2.75, 3.05) is 5.32 Å². The van der Waals surface area contributed by atoms with Crippen LogP contribution in [0.4, 0.5) is 10.1 Å². The van der Waals surface area contributed by atoms with E-state index in [4.69, 9.17) is 21.3 Å². The highest BCUT2D eigenvalue weighted by atomic mass is 35.5. The molecule has 0 radical (unpaired) electrons. The molecule has 0 saturated heterocycles. The van der Waals surface area contributed by atoms with Gasteiger partial charge < -0.3 is 10.1 Å². The summed E-state index contributed by atoms with van der Waals surface area (Å²) in [6, 6.07) is 19.7. The summed E-state index contributed by atoms with van der Waals surface area (Å²) >= 11 is 6.16.